The molecule has 3 aliphatic rings. The average molecular weight is 367 g/mol. The minimum atomic E-state index is -0.0801. The molecule has 3 fully saturated rings. The summed E-state index contributed by atoms with van der Waals surface area (Å²) in [5, 5.41) is 14.9. The number of hydrogen-bond donors (Lipinski definition) is 2. The lowest BCUT2D eigenvalue weighted by Gasteiger charge is -2.29. The Balaban J connectivity index is 1.39. The first-order valence-electron chi connectivity index (χ1n) is 10.1. The van der Waals surface area contributed by atoms with Crippen LogP contribution in [0.4, 0.5) is 5.69 Å². The quantitative estimate of drug-likeness (QED) is 0.768. The molecule has 2 unspecified atom stereocenters. The van der Waals surface area contributed by atoms with Gasteiger partial charge in [0.1, 0.15) is 6.54 Å². The van der Waals surface area contributed by atoms with Crippen LogP contribution >= 0.6 is 0 Å². The number of anilines is 1. The van der Waals surface area contributed by atoms with Crippen molar-refractivity contribution in [2.45, 2.75) is 37.8 Å². The minimum absolute atomic E-state index is 0.0144. The highest BCUT2D eigenvalue weighted by Gasteiger charge is 2.49. The van der Waals surface area contributed by atoms with Gasteiger partial charge in [0.2, 0.25) is 5.91 Å². The molecule has 1 saturated carbocycles. The molecule has 1 aliphatic carbocycles. The molecule has 6 nitrogen and oxygen atoms in total. The van der Waals surface area contributed by atoms with Gasteiger partial charge in [-0.25, -0.2) is 0 Å². The molecule has 0 spiro atoms. The molecule has 27 heavy (non-hydrogen) atoms. The number of carbonyl (C=O) groups is 1. The van der Waals surface area contributed by atoms with Crippen LogP contribution in [0.2, 0.25) is 0 Å². The molecule has 4 rings (SSSR count). The number of nitrogens with one attached hydrogen (secondary N) is 2. The zero-order valence-electron chi connectivity index (χ0n) is 16.0. The number of rotatable bonds is 5. The zero-order chi connectivity index (χ0) is 18.8. The Morgan fingerprint density at radius 2 is 2.00 bits per heavy atom. The number of piperazine rings is 1. The van der Waals surface area contributed by atoms with E-state index in [9.17, 15) is 4.79 Å². The third-order valence-corrected chi connectivity index (χ3v) is 6.18. The van der Waals surface area contributed by atoms with Crippen LogP contribution in [0.5, 0.6) is 0 Å². The van der Waals surface area contributed by atoms with E-state index in [0.29, 0.717) is 17.9 Å². The third kappa shape index (κ3) is 3.95. The van der Waals surface area contributed by atoms with Gasteiger partial charge in [-0.3, -0.25) is 9.69 Å². The molecule has 2 N–H and O–H groups in total. The lowest BCUT2D eigenvalue weighted by Crippen LogP contribution is -2.44. The average Bonchev–Trinajstić information content (AvgIpc) is 3.41. The largest absolute Gasteiger partial charge is 0.369 e. The van der Waals surface area contributed by atoms with Gasteiger partial charge in [-0.1, -0.05) is 19.1 Å². The Kier molecular flexibility index (Phi) is 5.33. The van der Waals surface area contributed by atoms with Gasteiger partial charge in [-0.2, -0.15) is 5.26 Å². The van der Waals surface area contributed by atoms with Crippen molar-refractivity contribution in [1.82, 2.24) is 15.5 Å². The number of nitriles is 1. The van der Waals surface area contributed by atoms with Crippen molar-refractivity contribution in [2.75, 3.05) is 44.2 Å². The fraction of sp³-hybridized carbons (Fsp3) is 0.619. The molecular formula is C21H29N5O. The fourth-order valence-electron chi connectivity index (χ4n) is 4.71. The lowest BCUT2D eigenvalue weighted by molar-refractivity contribution is -0.125. The fourth-order valence-corrected chi connectivity index (χ4v) is 4.71. The molecule has 1 aromatic rings. The topological polar surface area (TPSA) is 71.4 Å². The van der Waals surface area contributed by atoms with Crippen LogP contribution in [0, 0.1) is 17.2 Å². The summed E-state index contributed by atoms with van der Waals surface area (Å²) in [4.78, 5) is 17.3. The van der Waals surface area contributed by atoms with E-state index in [1.54, 1.807) is 0 Å². The van der Waals surface area contributed by atoms with Crippen molar-refractivity contribution >= 4 is 11.6 Å². The van der Waals surface area contributed by atoms with Crippen LogP contribution in [-0.4, -0.2) is 62.2 Å². The molecule has 2 aliphatic heterocycles. The van der Waals surface area contributed by atoms with E-state index in [1.165, 1.54) is 11.3 Å². The first-order valence-corrected chi connectivity index (χ1v) is 10.1. The third-order valence-electron chi connectivity index (χ3n) is 6.18. The lowest BCUT2D eigenvalue weighted by atomic mass is 10.1. The molecule has 1 amide bonds. The molecule has 0 bridgehead atoms. The molecule has 2 heterocycles. The van der Waals surface area contributed by atoms with Gasteiger partial charge in [0.25, 0.3) is 0 Å². The van der Waals surface area contributed by atoms with Crippen LogP contribution in [0.25, 0.3) is 0 Å². The highest BCUT2D eigenvalue weighted by Crippen LogP contribution is 2.48. The highest BCUT2D eigenvalue weighted by atomic mass is 16.2. The van der Waals surface area contributed by atoms with Crippen molar-refractivity contribution in [3.8, 4) is 6.07 Å². The molecule has 0 aromatic heterocycles. The summed E-state index contributed by atoms with van der Waals surface area (Å²) >= 11 is 0. The molecule has 144 valence electrons. The van der Waals surface area contributed by atoms with E-state index in [0.717, 1.165) is 45.6 Å². The number of nitrogens with zero attached hydrogens (tertiary/aromatic N) is 3. The van der Waals surface area contributed by atoms with Crippen molar-refractivity contribution in [1.29, 1.82) is 5.26 Å². The van der Waals surface area contributed by atoms with E-state index < -0.39 is 0 Å². The monoisotopic (exact) mass is 367 g/mol. The molecule has 6 heteroatoms. The maximum absolute atomic E-state index is 12.4. The summed E-state index contributed by atoms with van der Waals surface area (Å²) in [5.74, 6) is 1.07. The van der Waals surface area contributed by atoms with Crippen molar-refractivity contribution < 1.29 is 4.79 Å². The van der Waals surface area contributed by atoms with E-state index in [4.69, 9.17) is 5.26 Å². The summed E-state index contributed by atoms with van der Waals surface area (Å²) in [7, 11) is 0. The second-order valence-corrected chi connectivity index (χ2v) is 8.17. The van der Waals surface area contributed by atoms with E-state index in [2.05, 4.69) is 51.6 Å². The first-order chi connectivity index (χ1) is 13.2. The number of likely N-dealkylation sites (tertiary alicyclic amines) is 1. The maximum atomic E-state index is 12.4. The highest BCUT2D eigenvalue weighted by molar-refractivity contribution is 5.82. The maximum Gasteiger partial charge on any atom is 0.238 e. The van der Waals surface area contributed by atoms with Gasteiger partial charge in [0, 0.05) is 50.4 Å². The van der Waals surface area contributed by atoms with Gasteiger partial charge >= 0.3 is 0 Å². The Morgan fingerprint density at radius 3 is 2.70 bits per heavy atom. The number of hydrogen-bond acceptors (Lipinski definition) is 5. The van der Waals surface area contributed by atoms with Crippen LogP contribution in [0.3, 0.4) is 0 Å². The molecule has 4 atom stereocenters. The van der Waals surface area contributed by atoms with Crippen LogP contribution in [0.1, 0.15) is 31.2 Å². The number of amides is 1. The molecule has 2 saturated heterocycles. The van der Waals surface area contributed by atoms with Crippen LogP contribution < -0.4 is 15.5 Å². The summed E-state index contributed by atoms with van der Waals surface area (Å²) in [6.07, 6.45) is 2.02. The summed E-state index contributed by atoms with van der Waals surface area (Å²) in [5.41, 5.74) is 2.69. The Morgan fingerprint density at radius 1 is 1.26 bits per heavy atom. The summed E-state index contributed by atoms with van der Waals surface area (Å²) in [6.45, 7) is 7.52. The van der Waals surface area contributed by atoms with Gasteiger partial charge in [0.05, 0.1) is 12.1 Å². The van der Waals surface area contributed by atoms with E-state index >= 15 is 0 Å². The Bertz CT molecular complexity index is 706. The second-order valence-electron chi connectivity index (χ2n) is 8.17. The SMILES string of the molecule is C[C@H]1C[C@@H](C(=O)NCC#N)N(C2CC2c2ccc(N3CCNCC3)cc2)C1. The van der Waals surface area contributed by atoms with Gasteiger partial charge in [0.15, 0.2) is 0 Å². The number of benzene rings is 1. The van der Waals surface area contributed by atoms with Crippen molar-refractivity contribution in [2.24, 2.45) is 5.92 Å². The molecular weight excluding hydrogens is 338 g/mol. The predicted molar refractivity (Wildman–Crippen MR) is 106 cm³/mol. The standard InChI is InChI=1S/C21H29N5O/c1-15-12-20(21(27)24-7-6-22)26(14-15)19-13-18(19)16-2-4-17(5-3-16)25-10-8-23-9-11-25/h2-5,15,18-20,23H,7-14H2,1H3,(H,24,27)/t15-,18?,19?,20-/m0/s1. The molecule has 0 radical (unpaired) electrons. The normalized spacial score (nSPS) is 30.7. The van der Waals surface area contributed by atoms with Gasteiger partial charge < -0.3 is 15.5 Å². The van der Waals surface area contributed by atoms with Crippen molar-refractivity contribution in [3.05, 3.63) is 29.8 Å². The first kappa shape index (κ1) is 18.3. The number of carbonyl (C=O) groups excluding carboxylic acids is 1. The van der Waals surface area contributed by atoms with E-state index in [-0.39, 0.29) is 18.5 Å². The van der Waals surface area contributed by atoms with Crippen LogP contribution in [0.15, 0.2) is 24.3 Å². The summed E-state index contributed by atoms with van der Waals surface area (Å²) < 4.78 is 0. The van der Waals surface area contributed by atoms with Crippen molar-refractivity contribution in [3.63, 3.8) is 0 Å². The smallest absolute Gasteiger partial charge is 0.238 e. The van der Waals surface area contributed by atoms with Crippen LogP contribution in [-0.2, 0) is 4.79 Å². The second kappa shape index (κ2) is 7.87. The minimum Gasteiger partial charge on any atom is -0.369 e. The zero-order valence-corrected chi connectivity index (χ0v) is 16.0. The Labute approximate surface area is 161 Å². The summed E-state index contributed by atoms with van der Waals surface area (Å²) in [6, 6.07) is 11.4. The Hall–Kier alpha value is -2.10. The molecule has 1 aromatic carbocycles. The van der Waals surface area contributed by atoms with Gasteiger partial charge in [-0.15, -0.1) is 0 Å². The predicted octanol–water partition coefficient (Wildman–Crippen LogP) is 1.30. The van der Waals surface area contributed by atoms with E-state index in [1.807, 2.05) is 6.07 Å². The van der Waals surface area contributed by atoms with Gasteiger partial charge in [-0.05, 0) is 36.5 Å².